The van der Waals surface area contributed by atoms with Crippen LogP contribution < -0.4 is 9.64 Å². The highest BCUT2D eigenvalue weighted by Crippen LogP contribution is 2.32. The molecule has 1 fully saturated rings. The molecule has 1 aliphatic rings. The molecule has 1 aliphatic heterocycles. The number of benzene rings is 2. The molecule has 5 nitrogen and oxygen atoms in total. The number of halogens is 4. The fraction of sp³-hybridized carbons (Fsp3) is 0.200. The van der Waals surface area contributed by atoms with Crippen molar-refractivity contribution in [1.82, 2.24) is 9.97 Å². The van der Waals surface area contributed by atoms with E-state index in [1.165, 1.54) is 24.3 Å². The largest absolute Gasteiger partial charge is 0.573 e. The molecule has 9 heteroatoms. The number of imidazole rings is 1. The van der Waals surface area contributed by atoms with Crippen molar-refractivity contribution < 1.29 is 22.7 Å². The van der Waals surface area contributed by atoms with Gasteiger partial charge in [-0.05, 0) is 48.5 Å². The van der Waals surface area contributed by atoms with Gasteiger partial charge in [-0.2, -0.15) is 0 Å². The summed E-state index contributed by atoms with van der Waals surface area (Å²) in [5, 5.41) is 0.597. The Morgan fingerprint density at radius 2 is 1.79 bits per heavy atom. The Labute approximate surface area is 169 Å². The number of nitrogens with one attached hydrogen (secondary N) is 1. The Kier molecular flexibility index (Phi) is 4.96. The number of nitrogens with zero attached hydrogens (tertiary/aromatic N) is 2. The number of ether oxygens (including phenoxy) is 1. The van der Waals surface area contributed by atoms with E-state index in [1.54, 1.807) is 35.4 Å². The van der Waals surface area contributed by atoms with E-state index in [4.69, 9.17) is 11.6 Å². The molecule has 1 unspecified atom stereocenters. The summed E-state index contributed by atoms with van der Waals surface area (Å²) in [6, 6.07) is 12.5. The lowest BCUT2D eigenvalue weighted by atomic mass is 10.1. The zero-order valence-electron chi connectivity index (χ0n) is 14.9. The highest BCUT2D eigenvalue weighted by Gasteiger charge is 2.33. The van der Waals surface area contributed by atoms with Crippen LogP contribution in [-0.2, 0) is 4.79 Å². The zero-order valence-corrected chi connectivity index (χ0v) is 15.7. The van der Waals surface area contributed by atoms with Crippen molar-refractivity contribution >= 4 is 23.2 Å². The van der Waals surface area contributed by atoms with Gasteiger partial charge in [0.1, 0.15) is 11.6 Å². The van der Waals surface area contributed by atoms with Crippen LogP contribution in [0.5, 0.6) is 5.75 Å². The molecule has 0 saturated carbocycles. The average molecular weight is 422 g/mol. The van der Waals surface area contributed by atoms with E-state index in [2.05, 4.69) is 14.7 Å². The number of anilines is 1. The first-order valence-electron chi connectivity index (χ1n) is 8.76. The standard InChI is InChI=1S/C20H15ClF3N3O2/c21-14-3-5-15(6-4-14)27-11-13(9-18(27)28)19-25-10-17(26-19)12-1-7-16(8-2-12)29-20(22,23)24/h1-8,10,13H,9,11H2,(H,25,26). The topological polar surface area (TPSA) is 58.2 Å². The third-order valence-electron chi connectivity index (χ3n) is 4.63. The first kappa shape index (κ1) is 19.3. The van der Waals surface area contributed by atoms with Gasteiger partial charge in [-0.1, -0.05) is 11.6 Å². The van der Waals surface area contributed by atoms with Gasteiger partial charge in [0.15, 0.2) is 0 Å². The minimum Gasteiger partial charge on any atom is -0.406 e. The van der Waals surface area contributed by atoms with Crippen LogP contribution >= 0.6 is 11.6 Å². The molecule has 4 rings (SSSR count). The van der Waals surface area contributed by atoms with Crippen LogP contribution in [0, 0.1) is 0 Å². The van der Waals surface area contributed by atoms with Gasteiger partial charge in [-0.3, -0.25) is 4.79 Å². The van der Waals surface area contributed by atoms with E-state index in [-0.39, 0.29) is 17.6 Å². The Morgan fingerprint density at radius 3 is 2.45 bits per heavy atom. The smallest absolute Gasteiger partial charge is 0.406 e. The fourth-order valence-corrected chi connectivity index (χ4v) is 3.41. The second-order valence-corrected chi connectivity index (χ2v) is 7.06. The summed E-state index contributed by atoms with van der Waals surface area (Å²) in [5.41, 5.74) is 1.99. The van der Waals surface area contributed by atoms with E-state index in [9.17, 15) is 18.0 Å². The summed E-state index contributed by atoms with van der Waals surface area (Å²) in [5.74, 6) is 0.237. The van der Waals surface area contributed by atoms with Gasteiger partial charge in [-0.25, -0.2) is 4.98 Å². The van der Waals surface area contributed by atoms with Crippen LogP contribution in [0.2, 0.25) is 5.02 Å². The third kappa shape index (κ3) is 4.37. The SMILES string of the molecule is O=C1CC(c2nc(-c3ccc(OC(F)(F)F)cc3)c[nH]2)CN1c1ccc(Cl)cc1. The van der Waals surface area contributed by atoms with Crippen LogP contribution in [0.1, 0.15) is 18.2 Å². The summed E-state index contributed by atoms with van der Waals surface area (Å²) >= 11 is 5.90. The molecule has 1 aromatic heterocycles. The Bertz CT molecular complexity index is 1020. The number of alkyl halides is 3. The van der Waals surface area contributed by atoms with Gasteiger partial charge in [0.2, 0.25) is 5.91 Å². The van der Waals surface area contributed by atoms with Crippen LogP contribution in [0.25, 0.3) is 11.3 Å². The predicted molar refractivity (Wildman–Crippen MR) is 102 cm³/mol. The lowest BCUT2D eigenvalue weighted by Gasteiger charge is -2.16. The number of aromatic nitrogens is 2. The Morgan fingerprint density at radius 1 is 1.10 bits per heavy atom. The number of aromatic amines is 1. The lowest BCUT2D eigenvalue weighted by molar-refractivity contribution is -0.274. The zero-order chi connectivity index (χ0) is 20.6. The van der Waals surface area contributed by atoms with Crippen LogP contribution in [0.3, 0.4) is 0 Å². The molecule has 1 amide bonds. The van der Waals surface area contributed by atoms with Gasteiger partial charge >= 0.3 is 6.36 Å². The minimum absolute atomic E-state index is 0.0103. The van der Waals surface area contributed by atoms with E-state index in [1.807, 2.05) is 0 Å². The van der Waals surface area contributed by atoms with Crippen molar-refractivity contribution in [2.75, 3.05) is 11.4 Å². The fourth-order valence-electron chi connectivity index (χ4n) is 3.28. The van der Waals surface area contributed by atoms with Crippen LogP contribution in [0.15, 0.2) is 54.7 Å². The molecule has 1 saturated heterocycles. The van der Waals surface area contributed by atoms with E-state index < -0.39 is 6.36 Å². The van der Waals surface area contributed by atoms with E-state index in [0.717, 1.165) is 5.69 Å². The number of amides is 1. The highest BCUT2D eigenvalue weighted by atomic mass is 35.5. The number of rotatable bonds is 4. The Hall–Kier alpha value is -3.00. The number of carbonyl (C=O) groups is 1. The molecule has 2 heterocycles. The first-order valence-corrected chi connectivity index (χ1v) is 9.14. The monoisotopic (exact) mass is 421 g/mol. The molecule has 0 radical (unpaired) electrons. The second-order valence-electron chi connectivity index (χ2n) is 6.62. The summed E-state index contributed by atoms with van der Waals surface area (Å²) in [4.78, 5) is 21.7. The summed E-state index contributed by atoms with van der Waals surface area (Å²) < 4.78 is 40.7. The van der Waals surface area contributed by atoms with Gasteiger partial charge in [0.25, 0.3) is 0 Å². The van der Waals surface area contributed by atoms with Crippen LogP contribution in [0.4, 0.5) is 18.9 Å². The highest BCUT2D eigenvalue weighted by molar-refractivity contribution is 6.30. The van der Waals surface area contributed by atoms with Crippen molar-refractivity contribution in [1.29, 1.82) is 0 Å². The quantitative estimate of drug-likeness (QED) is 0.634. The van der Waals surface area contributed by atoms with Crippen molar-refractivity contribution in [2.45, 2.75) is 18.7 Å². The molecule has 29 heavy (non-hydrogen) atoms. The summed E-state index contributed by atoms with van der Waals surface area (Å²) in [6.45, 7) is 0.478. The summed E-state index contributed by atoms with van der Waals surface area (Å²) in [7, 11) is 0. The van der Waals surface area contributed by atoms with Crippen molar-refractivity contribution in [3.05, 3.63) is 65.6 Å². The van der Waals surface area contributed by atoms with Crippen molar-refractivity contribution in [2.24, 2.45) is 0 Å². The molecule has 0 aliphatic carbocycles. The molecule has 3 aromatic rings. The maximum atomic E-state index is 12.4. The molecule has 150 valence electrons. The number of carbonyl (C=O) groups excluding carboxylic acids is 1. The Balaban J connectivity index is 1.48. The predicted octanol–water partition coefficient (Wildman–Crippen LogP) is 5.15. The maximum absolute atomic E-state index is 12.4. The normalized spacial score (nSPS) is 17.0. The van der Waals surface area contributed by atoms with Crippen molar-refractivity contribution in [3.63, 3.8) is 0 Å². The number of hydrogen-bond donors (Lipinski definition) is 1. The van der Waals surface area contributed by atoms with Gasteiger partial charge in [0.05, 0.1) is 5.69 Å². The average Bonchev–Trinajstić information content (AvgIpc) is 3.29. The van der Waals surface area contributed by atoms with E-state index in [0.29, 0.717) is 35.1 Å². The molecule has 0 bridgehead atoms. The molecule has 2 aromatic carbocycles. The molecule has 1 atom stereocenters. The van der Waals surface area contributed by atoms with Gasteiger partial charge in [-0.15, -0.1) is 13.2 Å². The van der Waals surface area contributed by atoms with Crippen LogP contribution in [-0.4, -0.2) is 28.8 Å². The first-order chi connectivity index (χ1) is 13.8. The minimum atomic E-state index is -4.73. The second kappa shape index (κ2) is 7.44. The molecular formula is C20H15ClF3N3O2. The molecule has 0 spiro atoms. The third-order valence-corrected chi connectivity index (χ3v) is 4.88. The summed E-state index contributed by atoms with van der Waals surface area (Å²) in [6.07, 6.45) is -2.75. The molecule has 1 N–H and O–H groups in total. The number of H-pyrrole nitrogens is 1. The molecular weight excluding hydrogens is 407 g/mol. The number of hydrogen-bond acceptors (Lipinski definition) is 3. The lowest BCUT2D eigenvalue weighted by Crippen LogP contribution is -2.24. The maximum Gasteiger partial charge on any atom is 0.573 e. The van der Waals surface area contributed by atoms with Gasteiger partial charge < -0.3 is 14.6 Å². The van der Waals surface area contributed by atoms with Gasteiger partial charge in [0, 0.05) is 41.4 Å². The van der Waals surface area contributed by atoms with E-state index >= 15 is 0 Å². The van der Waals surface area contributed by atoms with Crippen molar-refractivity contribution in [3.8, 4) is 17.0 Å².